The molecule has 1 aliphatic heterocycles. The fourth-order valence-corrected chi connectivity index (χ4v) is 3.36. The van der Waals surface area contributed by atoms with Crippen LogP contribution in [0.4, 0.5) is 17.1 Å². The SMILES string of the molecule is CC(C)c1cccc(NC(=O)CNc2ccccc2N2CCC(O)CC2)c1. The molecule has 5 heteroatoms. The third-order valence-electron chi connectivity index (χ3n) is 4.99. The Hall–Kier alpha value is -2.53. The highest BCUT2D eigenvalue weighted by atomic mass is 16.3. The van der Waals surface area contributed by atoms with Crippen LogP contribution in [0.2, 0.25) is 0 Å². The monoisotopic (exact) mass is 367 g/mol. The predicted octanol–water partition coefficient (Wildman–Crippen LogP) is 3.82. The van der Waals surface area contributed by atoms with Gasteiger partial charge in [0.1, 0.15) is 0 Å². The standard InChI is InChI=1S/C22H29N3O2/c1-16(2)17-6-5-7-18(14-17)24-22(27)15-23-20-8-3-4-9-21(20)25-12-10-19(26)11-13-25/h3-9,14,16,19,23,26H,10-13,15H2,1-2H3,(H,24,27). The highest BCUT2D eigenvalue weighted by molar-refractivity contribution is 5.94. The molecule has 0 saturated carbocycles. The minimum absolute atomic E-state index is 0.0697. The van der Waals surface area contributed by atoms with Crippen molar-refractivity contribution < 1.29 is 9.90 Å². The van der Waals surface area contributed by atoms with E-state index in [1.165, 1.54) is 5.56 Å². The van der Waals surface area contributed by atoms with Crippen molar-refractivity contribution in [3.05, 3.63) is 54.1 Å². The smallest absolute Gasteiger partial charge is 0.243 e. The lowest BCUT2D eigenvalue weighted by atomic mass is 10.0. The number of amides is 1. The van der Waals surface area contributed by atoms with E-state index in [9.17, 15) is 9.90 Å². The van der Waals surface area contributed by atoms with Gasteiger partial charge >= 0.3 is 0 Å². The van der Waals surface area contributed by atoms with Crippen molar-refractivity contribution in [2.24, 2.45) is 0 Å². The van der Waals surface area contributed by atoms with Crippen molar-refractivity contribution in [1.29, 1.82) is 0 Å². The van der Waals surface area contributed by atoms with Crippen LogP contribution in [0.15, 0.2) is 48.5 Å². The van der Waals surface area contributed by atoms with Crippen molar-refractivity contribution >= 4 is 23.0 Å². The molecule has 5 nitrogen and oxygen atoms in total. The van der Waals surface area contributed by atoms with Gasteiger partial charge in [-0.1, -0.05) is 38.1 Å². The Kier molecular flexibility index (Phi) is 6.35. The summed E-state index contributed by atoms with van der Waals surface area (Å²) in [5.74, 6) is 0.356. The first-order valence-electron chi connectivity index (χ1n) is 9.68. The summed E-state index contributed by atoms with van der Waals surface area (Å²) in [6.45, 7) is 6.14. The number of aliphatic hydroxyl groups excluding tert-OH is 1. The Bertz CT molecular complexity index is 768. The Morgan fingerprint density at radius 1 is 1.15 bits per heavy atom. The van der Waals surface area contributed by atoms with E-state index in [-0.39, 0.29) is 18.6 Å². The number of anilines is 3. The molecule has 144 valence electrons. The second-order valence-corrected chi connectivity index (χ2v) is 7.42. The van der Waals surface area contributed by atoms with Crippen LogP contribution in [-0.4, -0.2) is 36.8 Å². The number of carbonyl (C=O) groups is 1. The van der Waals surface area contributed by atoms with Crippen LogP contribution in [0.5, 0.6) is 0 Å². The van der Waals surface area contributed by atoms with Gasteiger partial charge in [-0.3, -0.25) is 4.79 Å². The lowest BCUT2D eigenvalue weighted by molar-refractivity contribution is -0.114. The minimum Gasteiger partial charge on any atom is -0.393 e. The molecule has 1 saturated heterocycles. The second-order valence-electron chi connectivity index (χ2n) is 7.42. The molecule has 27 heavy (non-hydrogen) atoms. The summed E-state index contributed by atoms with van der Waals surface area (Å²) in [6.07, 6.45) is 1.36. The van der Waals surface area contributed by atoms with Crippen LogP contribution in [0.1, 0.15) is 38.2 Å². The number of para-hydroxylation sites is 2. The van der Waals surface area contributed by atoms with Gasteiger partial charge in [-0.25, -0.2) is 0 Å². The molecule has 3 N–H and O–H groups in total. The van der Waals surface area contributed by atoms with E-state index < -0.39 is 0 Å². The third kappa shape index (κ3) is 5.23. The van der Waals surface area contributed by atoms with Gasteiger partial charge in [-0.05, 0) is 48.6 Å². The number of hydrogen-bond acceptors (Lipinski definition) is 4. The van der Waals surface area contributed by atoms with Crippen LogP contribution in [0, 0.1) is 0 Å². The van der Waals surface area contributed by atoms with Crippen LogP contribution >= 0.6 is 0 Å². The van der Waals surface area contributed by atoms with Gasteiger partial charge in [-0.2, -0.15) is 0 Å². The zero-order valence-electron chi connectivity index (χ0n) is 16.1. The van der Waals surface area contributed by atoms with E-state index in [2.05, 4.69) is 41.5 Å². The van der Waals surface area contributed by atoms with Crippen LogP contribution < -0.4 is 15.5 Å². The molecule has 2 aromatic carbocycles. The summed E-state index contributed by atoms with van der Waals surface area (Å²) in [5, 5.41) is 15.9. The lowest BCUT2D eigenvalue weighted by Crippen LogP contribution is -2.36. The quantitative estimate of drug-likeness (QED) is 0.726. The number of piperidine rings is 1. The molecule has 0 bridgehead atoms. The number of aliphatic hydroxyl groups is 1. The molecular formula is C22H29N3O2. The molecule has 1 heterocycles. The van der Waals surface area contributed by atoms with Gasteiger partial charge in [-0.15, -0.1) is 0 Å². The highest BCUT2D eigenvalue weighted by Gasteiger charge is 2.19. The number of hydrogen-bond donors (Lipinski definition) is 3. The Morgan fingerprint density at radius 3 is 2.63 bits per heavy atom. The third-order valence-corrected chi connectivity index (χ3v) is 4.99. The Balaban J connectivity index is 1.60. The average molecular weight is 367 g/mol. The summed E-state index contributed by atoms with van der Waals surface area (Å²) in [7, 11) is 0. The van der Waals surface area contributed by atoms with Gasteiger partial charge < -0.3 is 20.6 Å². The number of benzene rings is 2. The molecule has 0 unspecified atom stereocenters. The molecule has 2 aromatic rings. The predicted molar refractivity (Wildman–Crippen MR) is 112 cm³/mol. The van der Waals surface area contributed by atoms with Crippen molar-refractivity contribution in [1.82, 2.24) is 0 Å². The van der Waals surface area contributed by atoms with Crippen molar-refractivity contribution in [3.63, 3.8) is 0 Å². The summed E-state index contributed by atoms with van der Waals surface area (Å²) in [5.41, 5.74) is 4.06. The van der Waals surface area contributed by atoms with E-state index >= 15 is 0 Å². The van der Waals surface area contributed by atoms with Crippen molar-refractivity contribution in [2.75, 3.05) is 35.2 Å². The fraction of sp³-hybridized carbons (Fsp3) is 0.409. The first kappa shape index (κ1) is 19.2. The van der Waals surface area contributed by atoms with Crippen LogP contribution in [0.25, 0.3) is 0 Å². The molecule has 0 aliphatic carbocycles. The summed E-state index contributed by atoms with van der Waals surface area (Å²) >= 11 is 0. The van der Waals surface area contributed by atoms with Crippen LogP contribution in [-0.2, 0) is 4.79 Å². The summed E-state index contributed by atoms with van der Waals surface area (Å²) < 4.78 is 0. The maximum atomic E-state index is 12.4. The number of nitrogens with zero attached hydrogens (tertiary/aromatic N) is 1. The van der Waals surface area contributed by atoms with Gasteiger partial charge in [0, 0.05) is 18.8 Å². The van der Waals surface area contributed by atoms with E-state index in [0.717, 1.165) is 43.0 Å². The molecule has 0 atom stereocenters. The average Bonchev–Trinajstić information content (AvgIpc) is 2.67. The van der Waals surface area contributed by atoms with Crippen LogP contribution in [0.3, 0.4) is 0 Å². The molecule has 1 amide bonds. The van der Waals surface area contributed by atoms with Gasteiger partial charge in [0.25, 0.3) is 0 Å². The molecule has 1 fully saturated rings. The topological polar surface area (TPSA) is 64.6 Å². The molecular weight excluding hydrogens is 338 g/mol. The van der Waals surface area contributed by atoms with E-state index in [1.807, 2.05) is 36.4 Å². The van der Waals surface area contributed by atoms with E-state index in [0.29, 0.717) is 5.92 Å². The van der Waals surface area contributed by atoms with Gasteiger partial charge in [0.05, 0.1) is 24.0 Å². The Morgan fingerprint density at radius 2 is 1.89 bits per heavy atom. The molecule has 0 spiro atoms. The number of nitrogens with one attached hydrogen (secondary N) is 2. The number of rotatable bonds is 6. The maximum absolute atomic E-state index is 12.4. The zero-order valence-corrected chi connectivity index (χ0v) is 16.1. The first-order valence-corrected chi connectivity index (χ1v) is 9.68. The second kappa shape index (κ2) is 8.91. The lowest BCUT2D eigenvalue weighted by Gasteiger charge is -2.32. The summed E-state index contributed by atoms with van der Waals surface area (Å²) in [6, 6.07) is 16.0. The van der Waals surface area contributed by atoms with Gasteiger partial charge in [0.2, 0.25) is 5.91 Å². The molecule has 1 aliphatic rings. The first-order chi connectivity index (χ1) is 13.0. The largest absolute Gasteiger partial charge is 0.393 e. The minimum atomic E-state index is -0.200. The molecule has 0 radical (unpaired) electrons. The van der Waals surface area contributed by atoms with Crippen molar-refractivity contribution in [2.45, 2.75) is 38.7 Å². The normalized spacial score (nSPS) is 15.0. The summed E-state index contributed by atoms with van der Waals surface area (Å²) in [4.78, 5) is 14.6. The van der Waals surface area contributed by atoms with E-state index in [1.54, 1.807) is 0 Å². The zero-order chi connectivity index (χ0) is 19.2. The Labute approximate surface area is 161 Å². The highest BCUT2D eigenvalue weighted by Crippen LogP contribution is 2.28. The van der Waals surface area contributed by atoms with E-state index in [4.69, 9.17) is 0 Å². The van der Waals surface area contributed by atoms with Crippen molar-refractivity contribution in [3.8, 4) is 0 Å². The fourth-order valence-electron chi connectivity index (χ4n) is 3.36. The molecule has 0 aromatic heterocycles. The van der Waals surface area contributed by atoms with Gasteiger partial charge in [0.15, 0.2) is 0 Å². The number of carbonyl (C=O) groups excluding carboxylic acids is 1. The molecule has 3 rings (SSSR count). The maximum Gasteiger partial charge on any atom is 0.243 e.